The van der Waals surface area contributed by atoms with Gasteiger partial charge in [0.1, 0.15) is 12.2 Å². The first kappa shape index (κ1) is 33.2. The van der Waals surface area contributed by atoms with Crippen LogP contribution < -0.4 is 26.6 Å². The van der Waals surface area contributed by atoms with Crippen LogP contribution in [0.5, 0.6) is 0 Å². The molecule has 0 spiro atoms. The lowest BCUT2D eigenvalue weighted by atomic mass is 10.1. The molecule has 1 aromatic carbocycles. The van der Waals surface area contributed by atoms with Gasteiger partial charge in [0.15, 0.2) is 5.82 Å². The number of amides is 4. The molecule has 2 aromatic heterocycles. The fourth-order valence-corrected chi connectivity index (χ4v) is 5.05. The van der Waals surface area contributed by atoms with Gasteiger partial charge in [0.2, 0.25) is 11.7 Å². The van der Waals surface area contributed by atoms with Crippen molar-refractivity contribution in [1.82, 2.24) is 34.9 Å². The van der Waals surface area contributed by atoms with Crippen LogP contribution in [0.3, 0.4) is 0 Å². The van der Waals surface area contributed by atoms with Crippen LogP contribution in [0.4, 0.5) is 42.5 Å². The minimum atomic E-state index is -5.20. The Hall–Kier alpha value is -5.14. The lowest BCUT2D eigenvalue weighted by molar-refractivity contribution is -0.174. The molecule has 1 fully saturated rings. The Morgan fingerprint density at radius 3 is 2.26 bits per heavy atom. The number of nitrogens with one attached hydrogen (secondary N) is 3. The van der Waals surface area contributed by atoms with E-state index in [4.69, 9.17) is 4.74 Å². The first-order chi connectivity index (χ1) is 22.1. The van der Waals surface area contributed by atoms with Crippen molar-refractivity contribution in [2.45, 2.75) is 32.2 Å². The van der Waals surface area contributed by atoms with E-state index < -0.39 is 47.9 Å². The number of ether oxygens (including phenoxy) is 1. The summed E-state index contributed by atoms with van der Waals surface area (Å²) in [6.45, 7) is 1.87. The summed E-state index contributed by atoms with van der Waals surface area (Å²) in [6, 6.07) is 2.88. The summed E-state index contributed by atoms with van der Waals surface area (Å²) < 4.78 is 84.0. The molecule has 4 heterocycles. The van der Waals surface area contributed by atoms with Crippen LogP contribution in [0.2, 0.25) is 0 Å². The van der Waals surface area contributed by atoms with Crippen LogP contribution in [-0.4, -0.2) is 87.5 Å². The highest BCUT2D eigenvalue weighted by molar-refractivity contribution is 5.91. The number of carbonyl (C=O) groups excluding carboxylic acids is 3. The SMILES string of the molecule is Cc1c(N2CCN(C(=O)NNC(=O)C(F)(F)F)CC2)c(=O)n2nc(C3=CCOCC3)nc2n1CC(=O)Nc1ccc(C(F)(F)F)cc1. The van der Waals surface area contributed by atoms with Gasteiger partial charge in [0.05, 0.1) is 18.8 Å². The van der Waals surface area contributed by atoms with Crippen molar-refractivity contribution in [3.8, 4) is 0 Å². The van der Waals surface area contributed by atoms with Crippen molar-refractivity contribution < 1.29 is 45.5 Å². The Labute approximate surface area is 260 Å². The Morgan fingerprint density at radius 1 is 0.979 bits per heavy atom. The molecule has 0 saturated carbocycles. The predicted octanol–water partition coefficient (Wildman–Crippen LogP) is 2.09. The molecule has 3 N–H and O–H groups in total. The summed E-state index contributed by atoms with van der Waals surface area (Å²) in [4.78, 5) is 57.6. The number of hydrogen-bond donors (Lipinski definition) is 3. The summed E-state index contributed by atoms with van der Waals surface area (Å²) in [5.41, 5.74) is 2.75. The normalized spacial score (nSPS) is 15.8. The van der Waals surface area contributed by atoms with Gasteiger partial charge in [0.25, 0.3) is 5.56 Å². The molecule has 14 nitrogen and oxygen atoms in total. The summed E-state index contributed by atoms with van der Waals surface area (Å²) in [6.07, 6.45) is -7.52. The smallest absolute Gasteiger partial charge is 0.377 e. The molecule has 20 heteroatoms. The molecule has 0 unspecified atom stereocenters. The molecule has 252 valence electrons. The second-order valence-electron chi connectivity index (χ2n) is 10.5. The average molecular weight is 672 g/mol. The zero-order valence-corrected chi connectivity index (χ0v) is 24.5. The van der Waals surface area contributed by atoms with Crippen molar-refractivity contribution in [3.05, 3.63) is 57.8 Å². The van der Waals surface area contributed by atoms with E-state index in [0.717, 1.165) is 39.3 Å². The van der Waals surface area contributed by atoms with E-state index in [0.29, 0.717) is 25.3 Å². The molecule has 2 aliphatic heterocycles. The van der Waals surface area contributed by atoms with Crippen molar-refractivity contribution in [3.63, 3.8) is 0 Å². The molecular formula is C27H27F6N9O5. The third kappa shape index (κ3) is 7.31. The van der Waals surface area contributed by atoms with Crippen molar-refractivity contribution in [1.29, 1.82) is 0 Å². The Balaban J connectivity index is 1.41. The van der Waals surface area contributed by atoms with Gasteiger partial charge in [-0.3, -0.25) is 19.8 Å². The van der Waals surface area contributed by atoms with Gasteiger partial charge in [-0.1, -0.05) is 6.08 Å². The van der Waals surface area contributed by atoms with Crippen LogP contribution in [0.1, 0.15) is 23.5 Å². The molecule has 0 radical (unpaired) electrons. The summed E-state index contributed by atoms with van der Waals surface area (Å²) in [7, 11) is 0. The summed E-state index contributed by atoms with van der Waals surface area (Å²) in [5.74, 6) is -2.72. The van der Waals surface area contributed by atoms with E-state index in [-0.39, 0.29) is 49.2 Å². The Morgan fingerprint density at radius 2 is 1.66 bits per heavy atom. The fourth-order valence-electron chi connectivity index (χ4n) is 5.05. The van der Waals surface area contributed by atoms with E-state index in [2.05, 4.69) is 15.4 Å². The first-order valence-electron chi connectivity index (χ1n) is 14.0. The largest absolute Gasteiger partial charge is 0.472 e. The van der Waals surface area contributed by atoms with Gasteiger partial charge in [-0.25, -0.2) is 10.2 Å². The number of anilines is 2. The summed E-state index contributed by atoms with van der Waals surface area (Å²) >= 11 is 0. The molecule has 47 heavy (non-hydrogen) atoms. The van der Waals surface area contributed by atoms with Gasteiger partial charge < -0.3 is 24.4 Å². The van der Waals surface area contributed by atoms with E-state index in [1.165, 1.54) is 9.99 Å². The van der Waals surface area contributed by atoms with Crippen LogP contribution in [0, 0.1) is 6.92 Å². The van der Waals surface area contributed by atoms with Crippen LogP contribution in [-0.2, 0) is 27.0 Å². The third-order valence-electron chi connectivity index (χ3n) is 7.45. The Bertz CT molecular complexity index is 1770. The summed E-state index contributed by atoms with van der Waals surface area (Å²) in [5, 5.41) is 6.93. The number of aromatic nitrogens is 4. The number of halogens is 6. The lowest BCUT2D eigenvalue weighted by Gasteiger charge is -2.36. The first-order valence-corrected chi connectivity index (χ1v) is 14.0. The molecule has 0 bridgehead atoms. The third-order valence-corrected chi connectivity index (χ3v) is 7.45. The highest BCUT2D eigenvalue weighted by atomic mass is 19.4. The van der Waals surface area contributed by atoms with Crippen LogP contribution >= 0.6 is 0 Å². The van der Waals surface area contributed by atoms with E-state index in [1.807, 2.05) is 0 Å². The lowest BCUT2D eigenvalue weighted by Crippen LogP contribution is -2.57. The highest BCUT2D eigenvalue weighted by Gasteiger charge is 2.39. The molecule has 0 aliphatic carbocycles. The zero-order chi connectivity index (χ0) is 34.1. The maximum atomic E-state index is 13.8. The van der Waals surface area contributed by atoms with Gasteiger partial charge in [-0.15, -0.1) is 5.10 Å². The average Bonchev–Trinajstić information content (AvgIpc) is 3.48. The molecule has 5 rings (SSSR count). The molecule has 2 aliphatic rings. The molecule has 3 aromatic rings. The number of hydrazine groups is 1. The van der Waals surface area contributed by atoms with Crippen molar-refractivity contribution in [2.24, 2.45) is 0 Å². The van der Waals surface area contributed by atoms with Crippen molar-refractivity contribution in [2.75, 3.05) is 49.6 Å². The van der Waals surface area contributed by atoms with Gasteiger partial charge in [-0.2, -0.15) is 35.8 Å². The number of rotatable bonds is 5. The predicted molar refractivity (Wildman–Crippen MR) is 152 cm³/mol. The topological polar surface area (TPSA) is 155 Å². The Kier molecular flexibility index (Phi) is 9.14. The highest BCUT2D eigenvalue weighted by Crippen LogP contribution is 2.30. The number of piperazine rings is 1. The van der Waals surface area contributed by atoms with Gasteiger partial charge in [0, 0.05) is 37.6 Å². The molecular weight excluding hydrogens is 644 g/mol. The maximum Gasteiger partial charge on any atom is 0.472 e. The monoisotopic (exact) mass is 671 g/mol. The van der Waals surface area contributed by atoms with Gasteiger partial charge >= 0.3 is 24.3 Å². The molecule has 4 amide bonds. The van der Waals surface area contributed by atoms with E-state index in [1.54, 1.807) is 23.3 Å². The number of carbonyl (C=O) groups is 3. The molecule has 1 saturated heterocycles. The van der Waals surface area contributed by atoms with Crippen LogP contribution in [0.25, 0.3) is 11.4 Å². The van der Waals surface area contributed by atoms with E-state index in [9.17, 15) is 45.5 Å². The van der Waals surface area contributed by atoms with Crippen LogP contribution in [0.15, 0.2) is 35.1 Å². The number of nitrogens with zero attached hydrogens (tertiary/aromatic N) is 6. The number of fused-ring (bicyclic) bond motifs is 1. The minimum absolute atomic E-state index is 0.0274. The number of urea groups is 1. The molecule has 0 atom stereocenters. The number of alkyl halides is 6. The fraction of sp³-hybridized carbons (Fsp3) is 0.407. The van der Waals surface area contributed by atoms with Gasteiger partial charge in [-0.05, 0) is 43.2 Å². The number of benzene rings is 1. The second-order valence-corrected chi connectivity index (χ2v) is 10.5. The van der Waals surface area contributed by atoms with E-state index >= 15 is 0 Å². The van der Waals surface area contributed by atoms with Crippen molar-refractivity contribution >= 4 is 40.6 Å². The second kappa shape index (κ2) is 12.9. The zero-order valence-electron chi connectivity index (χ0n) is 24.5. The number of hydrogen-bond acceptors (Lipinski definition) is 8. The quantitative estimate of drug-likeness (QED) is 0.275. The minimum Gasteiger partial charge on any atom is -0.377 e. The maximum absolute atomic E-state index is 13.8. The standard InChI is InChI=1S/C27H27F6N9O5/c1-15-20(39-8-10-40(11-9-39)25(46)37-36-23(45)27(31,32)33)22(44)42-24(35-21(38-42)16-6-12-47-13-7-16)41(15)14-19(43)34-18-4-2-17(3-5-18)26(28,29)30/h2-6H,7-14H2,1H3,(H,34,43)(H,36,45)(H,37,46).